The molecule has 1 saturated heterocycles. The predicted molar refractivity (Wildman–Crippen MR) is 107 cm³/mol. The molecule has 0 aromatic rings. The zero-order valence-corrected chi connectivity index (χ0v) is 18.1. The van der Waals surface area contributed by atoms with E-state index in [0.717, 1.165) is 51.6 Å². The number of carbonyl (C=O) groups is 2. The van der Waals surface area contributed by atoms with E-state index in [1.165, 1.54) is 0 Å². The molecule has 0 aromatic heterocycles. The van der Waals surface area contributed by atoms with Gasteiger partial charge in [-0.05, 0) is 66.3 Å². The third-order valence-electron chi connectivity index (χ3n) is 6.57. The zero-order chi connectivity index (χ0) is 19.7. The topological polar surface area (TPSA) is 40.6 Å². The second kappa shape index (κ2) is 8.00. The highest BCUT2D eigenvalue weighted by Crippen LogP contribution is 2.33. The second-order valence-electron chi connectivity index (χ2n) is 10.5. The maximum atomic E-state index is 12.9. The smallest absolute Gasteiger partial charge is 0.225 e. The monoisotopic (exact) mass is 364 g/mol. The van der Waals surface area contributed by atoms with Gasteiger partial charge in [-0.25, -0.2) is 0 Å². The summed E-state index contributed by atoms with van der Waals surface area (Å²) in [5.74, 6) is 1.02. The number of amides is 1. The van der Waals surface area contributed by atoms with E-state index in [1.807, 2.05) is 25.7 Å². The van der Waals surface area contributed by atoms with Gasteiger partial charge < -0.3 is 4.90 Å². The fourth-order valence-electron chi connectivity index (χ4n) is 4.49. The quantitative estimate of drug-likeness (QED) is 0.756. The van der Waals surface area contributed by atoms with E-state index in [2.05, 4.69) is 32.7 Å². The molecule has 2 rings (SSSR count). The number of ketones is 1. The summed E-state index contributed by atoms with van der Waals surface area (Å²) in [4.78, 5) is 29.9. The molecule has 1 heterocycles. The highest BCUT2D eigenvalue weighted by Gasteiger charge is 2.37. The highest BCUT2D eigenvalue weighted by molar-refractivity contribution is 5.86. The third kappa shape index (κ3) is 5.09. The lowest BCUT2D eigenvalue weighted by Gasteiger charge is -2.43. The molecule has 2 aliphatic rings. The standard InChI is InChI=1S/C22H40N2O2/c1-21(2,3)19(25)16-12-14-24(15-13-16)20(26)17-8-10-18(11-9-17)23(7)22(4,5)6/h16-18H,8-15H2,1-7H3. The average molecular weight is 365 g/mol. The minimum absolute atomic E-state index is 0.134. The Morgan fingerprint density at radius 3 is 1.73 bits per heavy atom. The number of likely N-dealkylation sites (tertiary alicyclic amines) is 1. The van der Waals surface area contributed by atoms with Crippen LogP contribution >= 0.6 is 0 Å². The normalized spacial score (nSPS) is 26.2. The lowest BCUT2D eigenvalue weighted by molar-refractivity contribution is -0.141. The molecule has 4 nitrogen and oxygen atoms in total. The van der Waals surface area contributed by atoms with E-state index in [4.69, 9.17) is 0 Å². The van der Waals surface area contributed by atoms with Gasteiger partial charge in [-0.3, -0.25) is 14.5 Å². The Morgan fingerprint density at radius 1 is 0.808 bits per heavy atom. The van der Waals surface area contributed by atoms with Crippen LogP contribution in [0.2, 0.25) is 0 Å². The summed E-state index contributed by atoms with van der Waals surface area (Å²) in [6, 6.07) is 0.592. The molecule has 26 heavy (non-hydrogen) atoms. The summed E-state index contributed by atoms with van der Waals surface area (Å²) in [5, 5.41) is 0. The van der Waals surface area contributed by atoms with Crippen molar-refractivity contribution in [3.63, 3.8) is 0 Å². The molecular weight excluding hydrogens is 324 g/mol. The second-order valence-corrected chi connectivity index (χ2v) is 10.5. The number of carbonyl (C=O) groups excluding carboxylic acids is 2. The van der Waals surface area contributed by atoms with Gasteiger partial charge in [0, 0.05) is 41.9 Å². The summed E-state index contributed by atoms with van der Waals surface area (Å²) in [5.41, 5.74) is -0.0860. The predicted octanol–water partition coefficient (Wildman–Crippen LogP) is 4.13. The molecule has 0 N–H and O–H groups in total. The number of Topliss-reactive ketones (excluding diaryl/α,β-unsaturated/α-hetero) is 1. The number of nitrogens with zero attached hydrogens (tertiary/aromatic N) is 2. The van der Waals surface area contributed by atoms with Crippen molar-refractivity contribution in [3.8, 4) is 0 Å². The van der Waals surface area contributed by atoms with Gasteiger partial charge in [0.2, 0.25) is 5.91 Å². The first-order valence-corrected chi connectivity index (χ1v) is 10.5. The highest BCUT2D eigenvalue weighted by atomic mass is 16.2. The summed E-state index contributed by atoms with van der Waals surface area (Å²) in [7, 11) is 2.21. The Bertz CT molecular complexity index is 499. The average Bonchev–Trinajstić information content (AvgIpc) is 2.58. The van der Waals surface area contributed by atoms with Crippen molar-refractivity contribution in [2.75, 3.05) is 20.1 Å². The fourth-order valence-corrected chi connectivity index (χ4v) is 4.49. The van der Waals surface area contributed by atoms with E-state index < -0.39 is 0 Å². The molecular formula is C22H40N2O2. The van der Waals surface area contributed by atoms with Gasteiger partial charge in [-0.15, -0.1) is 0 Å². The van der Waals surface area contributed by atoms with Crippen molar-refractivity contribution in [1.29, 1.82) is 0 Å². The van der Waals surface area contributed by atoms with Crippen LogP contribution in [0.1, 0.15) is 80.1 Å². The van der Waals surface area contributed by atoms with Crippen LogP contribution in [0.4, 0.5) is 0 Å². The molecule has 150 valence electrons. The van der Waals surface area contributed by atoms with E-state index in [9.17, 15) is 9.59 Å². The van der Waals surface area contributed by atoms with Crippen LogP contribution in [0.25, 0.3) is 0 Å². The minimum Gasteiger partial charge on any atom is -0.342 e. The molecule has 0 radical (unpaired) electrons. The molecule has 1 amide bonds. The fraction of sp³-hybridized carbons (Fsp3) is 0.909. The van der Waals surface area contributed by atoms with Gasteiger partial charge in [0.15, 0.2) is 0 Å². The Labute approximate surface area is 160 Å². The molecule has 0 aromatic carbocycles. The van der Waals surface area contributed by atoms with Crippen molar-refractivity contribution in [2.45, 2.75) is 91.6 Å². The van der Waals surface area contributed by atoms with Gasteiger partial charge in [0.25, 0.3) is 0 Å². The Balaban J connectivity index is 1.82. The Kier molecular flexibility index (Phi) is 6.58. The lowest BCUT2D eigenvalue weighted by atomic mass is 9.78. The molecule has 2 fully saturated rings. The van der Waals surface area contributed by atoms with Crippen LogP contribution in [-0.4, -0.2) is 53.2 Å². The molecule has 0 atom stereocenters. The van der Waals surface area contributed by atoms with Crippen LogP contribution < -0.4 is 0 Å². The zero-order valence-electron chi connectivity index (χ0n) is 18.1. The summed E-state index contributed by atoms with van der Waals surface area (Å²) in [6.45, 7) is 14.3. The molecule has 4 heteroatoms. The van der Waals surface area contributed by atoms with Gasteiger partial charge >= 0.3 is 0 Å². The van der Waals surface area contributed by atoms with Gasteiger partial charge in [0.1, 0.15) is 5.78 Å². The van der Waals surface area contributed by atoms with E-state index in [1.54, 1.807) is 0 Å². The third-order valence-corrected chi connectivity index (χ3v) is 6.57. The molecule has 0 bridgehead atoms. The molecule has 1 aliphatic carbocycles. The first-order chi connectivity index (χ1) is 11.9. The molecule has 0 spiro atoms. The lowest BCUT2D eigenvalue weighted by Crippen LogP contribution is -2.49. The van der Waals surface area contributed by atoms with Crippen LogP contribution in [0, 0.1) is 17.3 Å². The van der Waals surface area contributed by atoms with Crippen molar-refractivity contribution in [2.24, 2.45) is 17.3 Å². The maximum absolute atomic E-state index is 12.9. The number of piperidine rings is 1. The van der Waals surface area contributed by atoms with Gasteiger partial charge in [-0.2, -0.15) is 0 Å². The van der Waals surface area contributed by atoms with Crippen molar-refractivity contribution < 1.29 is 9.59 Å². The number of hydrogen-bond acceptors (Lipinski definition) is 3. The molecule has 1 aliphatic heterocycles. The number of hydrogen-bond donors (Lipinski definition) is 0. The maximum Gasteiger partial charge on any atom is 0.225 e. The van der Waals surface area contributed by atoms with Crippen molar-refractivity contribution >= 4 is 11.7 Å². The molecule has 0 unspecified atom stereocenters. The van der Waals surface area contributed by atoms with E-state index >= 15 is 0 Å². The Morgan fingerprint density at radius 2 is 1.31 bits per heavy atom. The van der Waals surface area contributed by atoms with Crippen molar-refractivity contribution in [3.05, 3.63) is 0 Å². The van der Waals surface area contributed by atoms with Crippen LogP contribution in [0.3, 0.4) is 0 Å². The van der Waals surface area contributed by atoms with E-state index in [-0.39, 0.29) is 22.8 Å². The van der Waals surface area contributed by atoms with Crippen LogP contribution in [0.15, 0.2) is 0 Å². The van der Waals surface area contributed by atoms with Crippen LogP contribution in [0.5, 0.6) is 0 Å². The summed E-state index contributed by atoms with van der Waals surface area (Å²) < 4.78 is 0. The van der Waals surface area contributed by atoms with E-state index in [0.29, 0.717) is 17.7 Å². The summed E-state index contributed by atoms with van der Waals surface area (Å²) in [6.07, 6.45) is 5.91. The first kappa shape index (κ1) is 21.4. The largest absolute Gasteiger partial charge is 0.342 e. The van der Waals surface area contributed by atoms with Gasteiger partial charge in [-0.1, -0.05) is 20.8 Å². The molecule has 1 saturated carbocycles. The summed E-state index contributed by atoms with van der Waals surface area (Å²) >= 11 is 0. The minimum atomic E-state index is -0.270. The Hall–Kier alpha value is -0.900. The van der Waals surface area contributed by atoms with Crippen molar-refractivity contribution in [1.82, 2.24) is 9.80 Å². The van der Waals surface area contributed by atoms with Gasteiger partial charge in [0.05, 0.1) is 0 Å². The first-order valence-electron chi connectivity index (χ1n) is 10.5. The van der Waals surface area contributed by atoms with Crippen LogP contribution in [-0.2, 0) is 9.59 Å². The SMILES string of the molecule is CN(C1CCC(C(=O)N2CCC(C(=O)C(C)(C)C)CC2)CC1)C(C)(C)C. The number of rotatable bonds is 3.